The molecular formula is C9H12. The monoisotopic (exact) mass is 120 g/mol. The number of fused-ring (bicyclic) bond motifs is 1. The summed E-state index contributed by atoms with van der Waals surface area (Å²) in [6.07, 6.45) is 3.18. The van der Waals surface area contributed by atoms with Gasteiger partial charge < -0.3 is 0 Å². The number of rotatable bonds is 0. The van der Waals surface area contributed by atoms with Gasteiger partial charge in [-0.3, -0.25) is 0 Å². The molecule has 48 valence electrons. The average molecular weight is 120 g/mol. The summed E-state index contributed by atoms with van der Waals surface area (Å²) in [4.78, 5) is 0. The van der Waals surface area contributed by atoms with Gasteiger partial charge in [0.25, 0.3) is 0 Å². The van der Waals surface area contributed by atoms with Crippen molar-refractivity contribution in [3.05, 3.63) is 0 Å². The zero-order chi connectivity index (χ0) is 6.07. The maximum atomic E-state index is 2.48. The van der Waals surface area contributed by atoms with Gasteiger partial charge in [0.1, 0.15) is 0 Å². The Labute approximate surface area is 55.6 Å². The van der Waals surface area contributed by atoms with Crippen LogP contribution < -0.4 is 0 Å². The van der Waals surface area contributed by atoms with Crippen LogP contribution in [0.1, 0.15) is 26.7 Å². The smallest absolute Gasteiger partial charge is 0.0105 e. The molecule has 0 amide bonds. The van der Waals surface area contributed by atoms with Gasteiger partial charge >= 0.3 is 0 Å². The first-order chi connectivity index (χ1) is 4.22. The molecule has 2 bridgehead atoms. The first kappa shape index (κ1) is 4.00. The topological polar surface area (TPSA) is 0 Å². The third-order valence-corrected chi connectivity index (χ3v) is 5.47. The van der Waals surface area contributed by atoms with Crippen LogP contribution in [0.25, 0.3) is 0 Å². The van der Waals surface area contributed by atoms with Crippen molar-refractivity contribution in [1.29, 1.82) is 0 Å². The van der Waals surface area contributed by atoms with E-state index < -0.39 is 0 Å². The van der Waals surface area contributed by atoms with E-state index in [-0.39, 0.29) is 0 Å². The number of hydrogen-bond acceptors (Lipinski definition) is 0. The average Bonchev–Trinajstić information content (AvgIpc) is 2.61. The summed E-state index contributed by atoms with van der Waals surface area (Å²) in [6.45, 7) is 4.96. The van der Waals surface area contributed by atoms with Gasteiger partial charge in [-0.25, -0.2) is 0 Å². The Kier molecular flexibility index (Phi) is 0.258. The molecule has 5 fully saturated rings. The fourth-order valence-electron chi connectivity index (χ4n) is 5.44. The van der Waals surface area contributed by atoms with Gasteiger partial charge in [0.2, 0.25) is 0 Å². The molecule has 0 N–H and O–H groups in total. The van der Waals surface area contributed by atoms with Crippen LogP contribution in [0.4, 0.5) is 0 Å². The Bertz CT molecular complexity index is 204. The zero-order valence-electron chi connectivity index (χ0n) is 6.07. The van der Waals surface area contributed by atoms with Gasteiger partial charge in [-0.2, -0.15) is 0 Å². The van der Waals surface area contributed by atoms with Crippen LogP contribution in [0, 0.1) is 28.1 Å². The van der Waals surface area contributed by atoms with Gasteiger partial charge in [-0.05, 0) is 40.9 Å². The predicted molar refractivity (Wildman–Crippen MR) is 34.9 cm³/mol. The van der Waals surface area contributed by atoms with Crippen LogP contribution in [0.3, 0.4) is 0 Å². The van der Waals surface area contributed by atoms with Crippen molar-refractivity contribution in [1.82, 2.24) is 0 Å². The minimum atomic E-state index is 0.825. The molecule has 0 aliphatic heterocycles. The molecule has 0 aromatic carbocycles. The van der Waals surface area contributed by atoms with Gasteiger partial charge in [0.05, 0.1) is 0 Å². The summed E-state index contributed by atoms with van der Waals surface area (Å²) < 4.78 is 0. The van der Waals surface area contributed by atoms with Crippen molar-refractivity contribution < 1.29 is 0 Å². The fraction of sp³-hybridized carbons (Fsp3) is 1.00. The second-order valence-corrected chi connectivity index (χ2v) is 5.05. The lowest BCUT2D eigenvalue weighted by atomic mass is 9.68. The summed E-state index contributed by atoms with van der Waals surface area (Å²) >= 11 is 0. The molecule has 0 aromatic rings. The molecule has 0 heterocycles. The molecule has 5 aliphatic carbocycles. The molecule has 5 aliphatic rings. The Morgan fingerprint density at radius 2 is 1.44 bits per heavy atom. The Balaban J connectivity index is 1.98. The van der Waals surface area contributed by atoms with Gasteiger partial charge in [0, 0.05) is 0 Å². The van der Waals surface area contributed by atoms with Crippen LogP contribution in [0.5, 0.6) is 0 Å². The van der Waals surface area contributed by atoms with E-state index in [1.807, 2.05) is 0 Å². The second-order valence-electron chi connectivity index (χ2n) is 5.05. The third-order valence-electron chi connectivity index (χ3n) is 5.47. The largest absolute Gasteiger partial charge is 0.0588 e. The highest BCUT2D eigenvalue weighted by Crippen LogP contribution is 3.23. The SMILES string of the molecule is CC1(C)C23C4CCC2C413. The minimum Gasteiger partial charge on any atom is -0.0588 e. The zero-order valence-corrected chi connectivity index (χ0v) is 6.07. The van der Waals surface area contributed by atoms with Crippen molar-refractivity contribution in [3.63, 3.8) is 0 Å². The second kappa shape index (κ2) is 0.580. The highest BCUT2D eigenvalue weighted by atomic mass is 15.2. The van der Waals surface area contributed by atoms with E-state index >= 15 is 0 Å². The van der Waals surface area contributed by atoms with Gasteiger partial charge in [-0.1, -0.05) is 13.8 Å². The van der Waals surface area contributed by atoms with E-state index in [2.05, 4.69) is 13.8 Å². The lowest BCUT2D eigenvalue weighted by molar-refractivity contribution is 0.113. The molecule has 9 heavy (non-hydrogen) atoms. The molecule has 2 spiro atoms. The molecular weight excluding hydrogens is 108 g/mol. The molecule has 0 unspecified atom stereocenters. The lowest BCUT2D eigenvalue weighted by Gasteiger charge is -2.35. The van der Waals surface area contributed by atoms with Crippen molar-refractivity contribution in [2.45, 2.75) is 26.7 Å². The van der Waals surface area contributed by atoms with E-state index in [9.17, 15) is 0 Å². The van der Waals surface area contributed by atoms with Crippen LogP contribution in [-0.2, 0) is 0 Å². The van der Waals surface area contributed by atoms with E-state index in [1.165, 1.54) is 11.8 Å². The van der Waals surface area contributed by atoms with Crippen LogP contribution >= 0.6 is 0 Å². The van der Waals surface area contributed by atoms with Crippen LogP contribution in [-0.4, -0.2) is 0 Å². The van der Waals surface area contributed by atoms with Crippen molar-refractivity contribution in [2.75, 3.05) is 0 Å². The molecule has 5 saturated carbocycles. The van der Waals surface area contributed by atoms with E-state index in [0.717, 1.165) is 16.2 Å². The molecule has 5 rings (SSSR count). The molecule has 0 atom stereocenters. The first-order valence-corrected chi connectivity index (χ1v) is 4.22. The van der Waals surface area contributed by atoms with E-state index in [4.69, 9.17) is 0 Å². The quantitative estimate of drug-likeness (QED) is 0.459. The Morgan fingerprint density at radius 3 is 1.67 bits per heavy atom. The maximum Gasteiger partial charge on any atom is -0.0105 e. The van der Waals surface area contributed by atoms with E-state index in [0.29, 0.717) is 0 Å². The molecule has 0 saturated heterocycles. The van der Waals surface area contributed by atoms with Crippen molar-refractivity contribution in [3.8, 4) is 0 Å². The van der Waals surface area contributed by atoms with Gasteiger partial charge in [-0.15, -0.1) is 0 Å². The lowest BCUT2D eigenvalue weighted by Crippen LogP contribution is -2.31. The first-order valence-electron chi connectivity index (χ1n) is 4.22. The van der Waals surface area contributed by atoms with E-state index in [1.54, 1.807) is 12.8 Å². The summed E-state index contributed by atoms with van der Waals surface area (Å²) in [5, 5.41) is 0. The summed E-state index contributed by atoms with van der Waals surface area (Å²) in [7, 11) is 0. The standard InChI is InChI=1S/C9H12/c1-7(2)8-5-3-4-6(8)9(5,7)8/h5-6H,3-4H2,1-2H3. The van der Waals surface area contributed by atoms with Gasteiger partial charge in [0.15, 0.2) is 0 Å². The minimum absolute atomic E-state index is 0.825. The summed E-state index contributed by atoms with van der Waals surface area (Å²) in [6, 6.07) is 0. The predicted octanol–water partition coefficient (Wildman–Crippen LogP) is 2.05. The molecule has 0 radical (unpaired) electrons. The molecule has 0 heteroatoms. The normalized spacial score (nSPS) is 83.3. The fourth-order valence-corrected chi connectivity index (χ4v) is 5.44. The highest BCUT2D eigenvalue weighted by Gasteiger charge is 3.20. The van der Waals surface area contributed by atoms with Crippen LogP contribution in [0.15, 0.2) is 0 Å². The molecule has 0 aromatic heterocycles. The van der Waals surface area contributed by atoms with Crippen molar-refractivity contribution >= 4 is 0 Å². The third kappa shape index (κ3) is 0.115. The molecule has 0 nitrogen and oxygen atoms in total. The van der Waals surface area contributed by atoms with Crippen molar-refractivity contribution in [2.24, 2.45) is 28.1 Å². The summed E-state index contributed by atoms with van der Waals surface area (Å²) in [5.74, 6) is 2.48. The highest BCUT2D eigenvalue weighted by molar-refractivity contribution is 5.66. The van der Waals surface area contributed by atoms with Crippen LogP contribution in [0.2, 0.25) is 0 Å². The summed E-state index contributed by atoms with van der Waals surface area (Å²) in [5.41, 5.74) is 2.80. The number of hydrogen-bond donors (Lipinski definition) is 0. The maximum absolute atomic E-state index is 2.48. The Hall–Kier alpha value is 0. The Morgan fingerprint density at radius 1 is 1.00 bits per heavy atom.